The van der Waals surface area contributed by atoms with E-state index < -0.39 is 0 Å². The van der Waals surface area contributed by atoms with Crippen molar-refractivity contribution in [1.82, 2.24) is 4.90 Å². The van der Waals surface area contributed by atoms with Gasteiger partial charge in [-0.25, -0.2) is 0 Å². The maximum absolute atomic E-state index is 13.0. The lowest BCUT2D eigenvalue weighted by atomic mass is 9.89. The summed E-state index contributed by atoms with van der Waals surface area (Å²) < 4.78 is 15.8. The molecule has 0 radical (unpaired) electrons. The summed E-state index contributed by atoms with van der Waals surface area (Å²) in [7, 11) is 4.85. The predicted octanol–water partition coefficient (Wildman–Crippen LogP) is 3.81. The Morgan fingerprint density at radius 1 is 1.00 bits per heavy atom. The summed E-state index contributed by atoms with van der Waals surface area (Å²) in [5, 5.41) is 0. The molecule has 0 aromatic heterocycles. The third-order valence-electron chi connectivity index (χ3n) is 5.11. The van der Waals surface area contributed by atoms with Crippen LogP contribution in [-0.2, 0) is 6.54 Å². The second kappa shape index (κ2) is 8.91. The zero-order valence-corrected chi connectivity index (χ0v) is 16.2. The van der Waals surface area contributed by atoms with Crippen LogP contribution in [0.5, 0.6) is 17.2 Å². The largest absolute Gasteiger partial charge is 0.497 e. The van der Waals surface area contributed by atoms with E-state index >= 15 is 0 Å². The second-order valence-corrected chi connectivity index (χ2v) is 6.86. The molecule has 0 saturated carbocycles. The van der Waals surface area contributed by atoms with Crippen LogP contribution in [0.4, 0.5) is 0 Å². The third kappa shape index (κ3) is 4.61. The van der Waals surface area contributed by atoms with Crippen LogP contribution < -0.4 is 14.2 Å². The lowest BCUT2D eigenvalue weighted by Crippen LogP contribution is -2.38. The van der Waals surface area contributed by atoms with Gasteiger partial charge < -0.3 is 14.2 Å². The Morgan fingerprint density at radius 3 is 2.41 bits per heavy atom. The number of carbonyl (C=O) groups excluding carboxylic acids is 1. The number of Topliss-reactive ketones (excluding diaryl/α,β-unsaturated/α-hetero) is 1. The molecule has 5 nitrogen and oxygen atoms in total. The summed E-state index contributed by atoms with van der Waals surface area (Å²) in [5.41, 5.74) is 1.92. The number of hydrogen-bond donors (Lipinski definition) is 0. The smallest absolute Gasteiger partial charge is 0.167 e. The molecule has 0 bridgehead atoms. The van der Waals surface area contributed by atoms with Crippen molar-refractivity contribution < 1.29 is 19.0 Å². The van der Waals surface area contributed by atoms with Gasteiger partial charge in [-0.2, -0.15) is 0 Å². The van der Waals surface area contributed by atoms with Crippen molar-refractivity contribution in [2.75, 3.05) is 34.4 Å². The molecule has 1 aliphatic heterocycles. The first-order chi connectivity index (χ1) is 13.1. The van der Waals surface area contributed by atoms with Gasteiger partial charge in [0.15, 0.2) is 17.3 Å². The lowest BCUT2D eigenvalue weighted by Gasteiger charge is -2.32. The number of likely N-dealkylation sites (tertiary alicyclic amines) is 1. The molecular formula is C22H27NO4. The Bertz CT molecular complexity index is 772. The molecule has 1 fully saturated rings. The number of ether oxygens (including phenoxy) is 3. The Balaban J connectivity index is 1.67. The quantitative estimate of drug-likeness (QED) is 0.695. The first kappa shape index (κ1) is 19.2. The number of benzene rings is 2. The highest BCUT2D eigenvalue weighted by Crippen LogP contribution is 2.30. The van der Waals surface area contributed by atoms with Crippen molar-refractivity contribution in [3.05, 3.63) is 53.6 Å². The molecule has 0 spiro atoms. The van der Waals surface area contributed by atoms with E-state index in [2.05, 4.69) is 17.0 Å². The molecule has 1 aliphatic rings. The van der Waals surface area contributed by atoms with Crippen LogP contribution >= 0.6 is 0 Å². The maximum atomic E-state index is 13.0. The normalized spacial score (nSPS) is 17.4. The van der Waals surface area contributed by atoms with Crippen molar-refractivity contribution in [3.63, 3.8) is 0 Å². The van der Waals surface area contributed by atoms with Gasteiger partial charge in [-0.05, 0) is 55.3 Å². The average molecular weight is 369 g/mol. The molecule has 0 aliphatic carbocycles. The average Bonchev–Trinajstić information content (AvgIpc) is 2.73. The minimum atomic E-state index is 0.00935. The highest BCUT2D eigenvalue weighted by atomic mass is 16.5. The standard InChI is InChI=1S/C22H27NO4/c1-25-19-9-6-16(7-10-19)14-23-12-4-5-18(15-23)22(24)17-8-11-20(26-2)21(13-17)27-3/h6-11,13,18H,4-5,12,14-15H2,1-3H3/t18-/m0/s1. The Kier molecular flexibility index (Phi) is 6.35. The van der Waals surface area contributed by atoms with Crippen molar-refractivity contribution in [2.45, 2.75) is 19.4 Å². The molecule has 144 valence electrons. The first-order valence-corrected chi connectivity index (χ1v) is 9.26. The molecular weight excluding hydrogens is 342 g/mol. The van der Waals surface area contributed by atoms with Crippen LogP contribution in [0.15, 0.2) is 42.5 Å². The van der Waals surface area contributed by atoms with Crippen LogP contribution in [0, 0.1) is 5.92 Å². The summed E-state index contributed by atoms with van der Waals surface area (Å²) >= 11 is 0. The van der Waals surface area contributed by atoms with E-state index in [-0.39, 0.29) is 11.7 Å². The number of rotatable bonds is 7. The van der Waals surface area contributed by atoms with E-state index in [1.54, 1.807) is 33.5 Å². The van der Waals surface area contributed by atoms with E-state index in [0.717, 1.165) is 38.2 Å². The molecule has 1 heterocycles. The van der Waals surface area contributed by atoms with E-state index in [1.165, 1.54) is 5.56 Å². The molecule has 1 atom stereocenters. The molecule has 2 aromatic carbocycles. The first-order valence-electron chi connectivity index (χ1n) is 9.26. The zero-order chi connectivity index (χ0) is 19.2. The van der Waals surface area contributed by atoms with Gasteiger partial charge >= 0.3 is 0 Å². The van der Waals surface area contributed by atoms with Crippen LogP contribution in [0.2, 0.25) is 0 Å². The fourth-order valence-electron chi connectivity index (χ4n) is 3.63. The van der Waals surface area contributed by atoms with Crippen molar-refractivity contribution in [2.24, 2.45) is 5.92 Å². The molecule has 0 amide bonds. The molecule has 0 N–H and O–H groups in total. The van der Waals surface area contributed by atoms with E-state index in [1.807, 2.05) is 18.2 Å². The number of carbonyl (C=O) groups is 1. The summed E-state index contributed by atoms with van der Waals surface area (Å²) in [6, 6.07) is 13.5. The third-order valence-corrected chi connectivity index (χ3v) is 5.11. The topological polar surface area (TPSA) is 48.0 Å². The van der Waals surface area contributed by atoms with Gasteiger partial charge in [0.25, 0.3) is 0 Å². The van der Waals surface area contributed by atoms with E-state index in [9.17, 15) is 4.79 Å². The van der Waals surface area contributed by atoms with Crippen LogP contribution in [-0.4, -0.2) is 45.1 Å². The minimum absolute atomic E-state index is 0.00935. The Morgan fingerprint density at radius 2 is 1.74 bits per heavy atom. The van der Waals surface area contributed by atoms with Crippen LogP contribution in [0.25, 0.3) is 0 Å². The number of ketones is 1. The fourth-order valence-corrected chi connectivity index (χ4v) is 3.63. The van der Waals surface area contributed by atoms with Gasteiger partial charge in [0.05, 0.1) is 21.3 Å². The molecule has 2 aromatic rings. The van der Waals surface area contributed by atoms with Crippen molar-refractivity contribution in [3.8, 4) is 17.2 Å². The molecule has 5 heteroatoms. The molecule has 0 unspecified atom stereocenters. The zero-order valence-electron chi connectivity index (χ0n) is 16.2. The fraction of sp³-hybridized carbons (Fsp3) is 0.409. The van der Waals surface area contributed by atoms with E-state index in [4.69, 9.17) is 14.2 Å². The van der Waals surface area contributed by atoms with Gasteiger partial charge in [0, 0.05) is 24.6 Å². The Labute approximate surface area is 160 Å². The number of hydrogen-bond acceptors (Lipinski definition) is 5. The molecule has 27 heavy (non-hydrogen) atoms. The monoisotopic (exact) mass is 369 g/mol. The molecule has 1 saturated heterocycles. The van der Waals surface area contributed by atoms with Gasteiger partial charge in [-0.3, -0.25) is 9.69 Å². The lowest BCUT2D eigenvalue weighted by molar-refractivity contribution is 0.0811. The summed E-state index contributed by atoms with van der Waals surface area (Å²) in [6.45, 7) is 2.64. The Hall–Kier alpha value is -2.53. The highest BCUT2D eigenvalue weighted by molar-refractivity contribution is 5.98. The number of nitrogens with zero attached hydrogens (tertiary/aromatic N) is 1. The van der Waals surface area contributed by atoms with E-state index in [0.29, 0.717) is 17.1 Å². The number of methoxy groups -OCH3 is 3. The van der Waals surface area contributed by atoms with Crippen molar-refractivity contribution in [1.29, 1.82) is 0 Å². The highest BCUT2D eigenvalue weighted by Gasteiger charge is 2.27. The SMILES string of the molecule is COc1ccc(CN2CCC[C@H](C(=O)c3ccc(OC)c(OC)c3)C2)cc1. The van der Waals surface area contributed by atoms with Crippen molar-refractivity contribution >= 4 is 5.78 Å². The van der Waals surface area contributed by atoms with Gasteiger partial charge in [0.2, 0.25) is 0 Å². The van der Waals surface area contributed by atoms with Gasteiger partial charge in [-0.1, -0.05) is 12.1 Å². The maximum Gasteiger partial charge on any atom is 0.167 e. The van der Waals surface area contributed by atoms with Gasteiger partial charge in [-0.15, -0.1) is 0 Å². The number of piperidine rings is 1. The van der Waals surface area contributed by atoms with Crippen LogP contribution in [0.1, 0.15) is 28.8 Å². The summed E-state index contributed by atoms with van der Waals surface area (Å²) in [5.74, 6) is 2.28. The summed E-state index contributed by atoms with van der Waals surface area (Å²) in [4.78, 5) is 15.4. The van der Waals surface area contributed by atoms with Gasteiger partial charge in [0.1, 0.15) is 5.75 Å². The molecule has 3 rings (SSSR count). The minimum Gasteiger partial charge on any atom is -0.497 e. The summed E-state index contributed by atoms with van der Waals surface area (Å²) in [6.07, 6.45) is 1.95. The second-order valence-electron chi connectivity index (χ2n) is 6.86. The van der Waals surface area contributed by atoms with Crippen LogP contribution in [0.3, 0.4) is 0 Å². The predicted molar refractivity (Wildman–Crippen MR) is 105 cm³/mol.